The van der Waals surface area contributed by atoms with Gasteiger partial charge >= 0.3 is 0 Å². The number of nitrogens with one attached hydrogen (secondary N) is 1. The molecule has 0 spiro atoms. The van der Waals surface area contributed by atoms with E-state index in [0.717, 1.165) is 24.2 Å². The van der Waals surface area contributed by atoms with Crippen molar-refractivity contribution in [2.45, 2.75) is 46.6 Å². The number of hydrogen-bond acceptors (Lipinski definition) is 4. The molecule has 0 aromatic carbocycles. The molecule has 2 heterocycles. The minimum atomic E-state index is -0.0803. The molecule has 0 radical (unpaired) electrons. The molecule has 2 aromatic rings. The average Bonchev–Trinajstić information content (AvgIpc) is 2.98. The normalized spacial score (nSPS) is 10.6. The van der Waals surface area contributed by atoms with E-state index in [9.17, 15) is 9.59 Å². The number of rotatable bonds is 9. The molecule has 6 nitrogen and oxygen atoms in total. The van der Waals surface area contributed by atoms with Crippen molar-refractivity contribution in [3.8, 4) is 0 Å². The zero-order valence-corrected chi connectivity index (χ0v) is 15.7. The molecule has 0 bridgehead atoms. The second-order valence-electron chi connectivity index (χ2n) is 6.36. The number of carbonyl (C=O) groups is 2. The summed E-state index contributed by atoms with van der Waals surface area (Å²) in [7, 11) is 0. The van der Waals surface area contributed by atoms with Crippen molar-refractivity contribution in [1.29, 1.82) is 0 Å². The minimum absolute atomic E-state index is 0.0761. The second-order valence-corrected chi connectivity index (χ2v) is 6.36. The molecule has 2 rings (SSSR count). The lowest BCUT2D eigenvalue weighted by Crippen LogP contribution is -2.36. The number of carbonyl (C=O) groups excluding carboxylic acids is 2. The molecule has 0 saturated heterocycles. The summed E-state index contributed by atoms with van der Waals surface area (Å²) in [5.74, 6) is 1.18. The SMILES string of the molecule is CCCCN(CCC(=O)NCc1cccnc1)C(=O)c1cc(C)oc1C. The van der Waals surface area contributed by atoms with Gasteiger partial charge in [0.05, 0.1) is 5.56 Å². The Morgan fingerprint density at radius 1 is 1.27 bits per heavy atom. The Labute approximate surface area is 154 Å². The maximum atomic E-state index is 12.8. The molecule has 1 N–H and O–H groups in total. The lowest BCUT2D eigenvalue weighted by Gasteiger charge is -2.22. The van der Waals surface area contributed by atoms with Crippen molar-refractivity contribution < 1.29 is 14.0 Å². The highest BCUT2D eigenvalue weighted by atomic mass is 16.3. The van der Waals surface area contributed by atoms with Gasteiger partial charge in [0.25, 0.3) is 5.91 Å². The molecule has 0 aliphatic carbocycles. The molecule has 26 heavy (non-hydrogen) atoms. The van der Waals surface area contributed by atoms with Gasteiger partial charge in [-0.2, -0.15) is 0 Å². The molecule has 2 aromatic heterocycles. The summed E-state index contributed by atoms with van der Waals surface area (Å²) in [5.41, 5.74) is 1.53. The van der Waals surface area contributed by atoms with Crippen molar-refractivity contribution in [2.75, 3.05) is 13.1 Å². The van der Waals surface area contributed by atoms with Crippen LogP contribution in [0.1, 0.15) is 53.6 Å². The van der Waals surface area contributed by atoms with Crippen LogP contribution in [0.3, 0.4) is 0 Å². The molecule has 2 amide bonds. The third-order valence-corrected chi connectivity index (χ3v) is 4.16. The first-order chi connectivity index (χ1) is 12.5. The predicted octanol–water partition coefficient (Wildman–Crippen LogP) is 3.24. The number of aromatic nitrogens is 1. The van der Waals surface area contributed by atoms with Crippen LogP contribution in [0.4, 0.5) is 0 Å². The summed E-state index contributed by atoms with van der Waals surface area (Å²) in [6.45, 7) is 7.16. The fourth-order valence-corrected chi connectivity index (χ4v) is 2.71. The fraction of sp³-hybridized carbons (Fsp3) is 0.450. The van der Waals surface area contributed by atoms with Gasteiger partial charge in [-0.25, -0.2) is 0 Å². The van der Waals surface area contributed by atoms with Gasteiger partial charge in [-0.05, 0) is 38.0 Å². The molecule has 0 atom stereocenters. The highest BCUT2D eigenvalue weighted by molar-refractivity contribution is 5.95. The van der Waals surface area contributed by atoms with Crippen molar-refractivity contribution in [3.63, 3.8) is 0 Å². The van der Waals surface area contributed by atoms with Gasteiger partial charge in [-0.1, -0.05) is 19.4 Å². The predicted molar refractivity (Wildman–Crippen MR) is 99.7 cm³/mol. The van der Waals surface area contributed by atoms with Crippen LogP contribution in [0.15, 0.2) is 35.0 Å². The van der Waals surface area contributed by atoms with E-state index in [2.05, 4.69) is 17.2 Å². The summed E-state index contributed by atoms with van der Waals surface area (Å²) in [5, 5.41) is 2.87. The summed E-state index contributed by atoms with van der Waals surface area (Å²) >= 11 is 0. The van der Waals surface area contributed by atoms with E-state index in [0.29, 0.717) is 31.0 Å². The van der Waals surface area contributed by atoms with Crippen LogP contribution in [-0.4, -0.2) is 34.8 Å². The van der Waals surface area contributed by atoms with Gasteiger partial charge in [-0.3, -0.25) is 14.6 Å². The average molecular weight is 357 g/mol. The van der Waals surface area contributed by atoms with Crippen LogP contribution >= 0.6 is 0 Å². The van der Waals surface area contributed by atoms with E-state index < -0.39 is 0 Å². The first-order valence-corrected chi connectivity index (χ1v) is 9.03. The zero-order valence-electron chi connectivity index (χ0n) is 15.7. The van der Waals surface area contributed by atoms with Crippen LogP contribution in [0.25, 0.3) is 0 Å². The number of furan rings is 1. The zero-order chi connectivity index (χ0) is 18.9. The van der Waals surface area contributed by atoms with Crippen LogP contribution in [0, 0.1) is 13.8 Å². The topological polar surface area (TPSA) is 75.4 Å². The van der Waals surface area contributed by atoms with Gasteiger partial charge in [0.1, 0.15) is 11.5 Å². The number of hydrogen-bond donors (Lipinski definition) is 1. The minimum Gasteiger partial charge on any atom is -0.466 e. The number of pyridine rings is 1. The van der Waals surface area contributed by atoms with Crippen LogP contribution in [0.2, 0.25) is 0 Å². The molecule has 6 heteroatoms. The van der Waals surface area contributed by atoms with E-state index >= 15 is 0 Å². The summed E-state index contributed by atoms with van der Waals surface area (Å²) in [4.78, 5) is 30.7. The van der Waals surface area contributed by atoms with Gasteiger partial charge in [0, 0.05) is 38.4 Å². The Bertz CT molecular complexity index is 725. The monoisotopic (exact) mass is 357 g/mol. The number of nitrogens with zero attached hydrogens (tertiary/aromatic N) is 2. The van der Waals surface area contributed by atoms with Crippen molar-refractivity contribution in [1.82, 2.24) is 15.2 Å². The number of amides is 2. The van der Waals surface area contributed by atoms with E-state index in [1.807, 2.05) is 19.1 Å². The maximum absolute atomic E-state index is 12.8. The van der Waals surface area contributed by atoms with Crippen molar-refractivity contribution >= 4 is 11.8 Å². The largest absolute Gasteiger partial charge is 0.466 e. The van der Waals surface area contributed by atoms with Crippen LogP contribution in [0.5, 0.6) is 0 Å². The van der Waals surface area contributed by atoms with E-state index in [-0.39, 0.29) is 18.2 Å². The van der Waals surface area contributed by atoms with E-state index in [1.54, 1.807) is 30.3 Å². The van der Waals surface area contributed by atoms with Crippen LogP contribution in [-0.2, 0) is 11.3 Å². The lowest BCUT2D eigenvalue weighted by molar-refractivity contribution is -0.121. The molecular weight excluding hydrogens is 330 g/mol. The highest BCUT2D eigenvalue weighted by Gasteiger charge is 2.20. The Morgan fingerprint density at radius 2 is 2.08 bits per heavy atom. The third-order valence-electron chi connectivity index (χ3n) is 4.16. The molecule has 0 saturated carbocycles. The van der Waals surface area contributed by atoms with E-state index in [4.69, 9.17) is 4.42 Å². The van der Waals surface area contributed by atoms with Gasteiger partial charge < -0.3 is 14.6 Å². The first-order valence-electron chi connectivity index (χ1n) is 9.03. The standard InChI is InChI=1S/C20H27N3O3/c1-4-5-10-23(20(25)18-12-15(2)26-16(18)3)11-8-19(24)22-14-17-7-6-9-21-13-17/h6-7,9,12-13H,4-5,8,10-11,14H2,1-3H3,(H,22,24). The molecule has 0 aliphatic rings. The van der Waals surface area contributed by atoms with Crippen molar-refractivity contribution in [2.24, 2.45) is 0 Å². The first kappa shape index (κ1) is 19.7. The molecule has 140 valence electrons. The maximum Gasteiger partial charge on any atom is 0.257 e. The Morgan fingerprint density at radius 3 is 2.69 bits per heavy atom. The smallest absolute Gasteiger partial charge is 0.257 e. The van der Waals surface area contributed by atoms with Crippen LogP contribution < -0.4 is 5.32 Å². The summed E-state index contributed by atoms with van der Waals surface area (Å²) < 4.78 is 5.47. The highest BCUT2D eigenvalue weighted by Crippen LogP contribution is 2.16. The molecule has 0 fully saturated rings. The Balaban J connectivity index is 1.91. The lowest BCUT2D eigenvalue weighted by atomic mass is 10.2. The van der Waals surface area contributed by atoms with Crippen molar-refractivity contribution in [3.05, 3.63) is 53.2 Å². The summed E-state index contributed by atoms with van der Waals surface area (Å²) in [6, 6.07) is 5.51. The van der Waals surface area contributed by atoms with Gasteiger partial charge in [-0.15, -0.1) is 0 Å². The number of unbranched alkanes of at least 4 members (excludes halogenated alkanes) is 1. The third kappa shape index (κ3) is 5.72. The molecular formula is C20H27N3O3. The van der Waals surface area contributed by atoms with Gasteiger partial charge in [0.15, 0.2) is 0 Å². The quantitative estimate of drug-likeness (QED) is 0.747. The summed E-state index contributed by atoms with van der Waals surface area (Å²) in [6.07, 6.45) is 5.58. The Kier molecular flexibility index (Phi) is 7.38. The molecule has 0 unspecified atom stereocenters. The van der Waals surface area contributed by atoms with Gasteiger partial charge in [0.2, 0.25) is 5.91 Å². The fourth-order valence-electron chi connectivity index (χ4n) is 2.71. The second kappa shape index (κ2) is 9.75. The molecule has 0 aliphatic heterocycles. The number of aryl methyl sites for hydroxylation is 2. The Hall–Kier alpha value is -2.63. The van der Waals surface area contributed by atoms with E-state index in [1.165, 1.54) is 0 Å².